The van der Waals surface area contributed by atoms with Crippen molar-refractivity contribution in [1.29, 1.82) is 0 Å². The fourth-order valence-corrected chi connectivity index (χ4v) is 7.68. The van der Waals surface area contributed by atoms with Gasteiger partial charge in [-0.2, -0.15) is 0 Å². The largest absolute Gasteiger partial charge is 0.507 e. The van der Waals surface area contributed by atoms with Crippen LogP contribution in [0.4, 0.5) is 0 Å². The number of carbonyl (C=O) groups is 2. The van der Waals surface area contributed by atoms with Crippen molar-refractivity contribution in [1.82, 2.24) is 0 Å². The highest BCUT2D eigenvalue weighted by molar-refractivity contribution is 5.93. The molecule has 54 heavy (non-hydrogen) atoms. The number of unbranched alkanes of at least 4 members (excludes halogenated alkanes) is 6. The summed E-state index contributed by atoms with van der Waals surface area (Å²) < 4.78 is 0. The summed E-state index contributed by atoms with van der Waals surface area (Å²) in [5.74, 6) is -2.80. The molecule has 5 rings (SSSR count). The summed E-state index contributed by atoms with van der Waals surface area (Å²) in [6.45, 7) is 12.9. The van der Waals surface area contributed by atoms with Crippen molar-refractivity contribution in [3.63, 3.8) is 0 Å². The number of aromatic carboxylic acids is 2. The van der Waals surface area contributed by atoms with Crippen molar-refractivity contribution < 1.29 is 30.0 Å². The molecule has 0 spiro atoms. The first-order valence-corrected chi connectivity index (χ1v) is 19.4. The second-order valence-corrected chi connectivity index (χ2v) is 14.8. The first-order chi connectivity index (χ1) is 25.8. The second-order valence-electron chi connectivity index (χ2n) is 14.8. The van der Waals surface area contributed by atoms with Gasteiger partial charge in [0.05, 0.1) is 0 Å². The second kappa shape index (κ2) is 17.6. The fraction of sp³-hybridized carbons (Fsp3) is 0.333. The standard InChI is InChI=1S/C48H54O6/c1-7-9-11-13-15-33-25-44(42-24-30(4)40(22-32(42)6)36-18-20-38(48(53)54)46(50)28-36)34(16-14-12-10-8-2)26-43(33)41-23-29(3)39(21-31(41)5)35-17-19-37(47(51)52)45(49)27-35/h17-28,49-50H,7-16H2,1-6H3,(H,51,52)(H,53,54). The van der Waals surface area contributed by atoms with Crippen molar-refractivity contribution >= 4 is 11.9 Å². The van der Waals surface area contributed by atoms with E-state index in [2.05, 4.69) is 77.9 Å². The average molecular weight is 727 g/mol. The molecule has 5 aromatic carbocycles. The maximum Gasteiger partial charge on any atom is 0.339 e. The van der Waals surface area contributed by atoms with E-state index in [0.29, 0.717) is 0 Å². The predicted molar refractivity (Wildman–Crippen MR) is 220 cm³/mol. The SMILES string of the molecule is CCCCCCc1cc(-c2cc(C)c(-c3ccc(C(=O)O)c(O)c3)cc2C)c(CCCCCC)cc1-c1cc(C)c(-c2ccc(C(=O)O)c(O)c2)cc1C. The summed E-state index contributed by atoms with van der Waals surface area (Å²) in [6, 6.07) is 23.2. The van der Waals surface area contributed by atoms with Gasteiger partial charge in [-0.25, -0.2) is 9.59 Å². The van der Waals surface area contributed by atoms with Crippen molar-refractivity contribution in [3.8, 4) is 56.0 Å². The van der Waals surface area contributed by atoms with Gasteiger partial charge in [-0.1, -0.05) is 101 Å². The molecule has 0 bridgehead atoms. The van der Waals surface area contributed by atoms with Crippen molar-refractivity contribution in [3.05, 3.63) is 117 Å². The lowest BCUT2D eigenvalue weighted by atomic mass is 9.82. The van der Waals surface area contributed by atoms with Gasteiger partial charge in [0, 0.05) is 0 Å². The Morgan fingerprint density at radius 1 is 0.444 bits per heavy atom. The fourth-order valence-electron chi connectivity index (χ4n) is 7.68. The third kappa shape index (κ3) is 8.87. The molecule has 0 heterocycles. The molecule has 6 heteroatoms. The molecule has 0 saturated carbocycles. The normalized spacial score (nSPS) is 11.2. The van der Waals surface area contributed by atoms with Crippen LogP contribution in [-0.4, -0.2) is 32.4 Å². The summed E-state index contributed by atoms with van der Waals surface area (Å²) in [5, 5.41) is 39.8. The molecule has 0 aliphatic carbocycles. The number of aryl methyl sites for hydroxylation is 6. The Morgan fingerprint density at radius 3 is 1.13 bits per heavy atom. The molecule has 0 unspecified atom stereocenters. The lowest BCUT2D eigenvalue weighted by Crippen LogP contribution is -2.02. The zero-order valence-corrected chi connectivity index (χ0v) is 32.6. The summed E-state index contributed by atoms with van der Waals surface area (Å²) >= 11 is 0. The lowest BCUT2D eigenvalue weighted by molar-refractivity contribution is 0.0682. The first kappa shape index (κ1) is 39.8. The van der Waals surface area contributed by atoms with Crippen LogP contribution in [0, 0.1) is 27.7 Å². The minimum absolute atomic E-state index is 0.113. The van der Waals surface area contributed by atoms with E-state index >= 15 is 0 Å². The van der Waals surface area contributed by atoms with Gasteiger partial charge in [-0.15, -0.1) is 0 Å². The maximum atomic E-state index is 11.5. The van der Waals surface area contributed by atoms with Crippen LogP contribution in [0.15, 0.2) is 72.8 Å². The Balaban J connectivity index is 1.66. The number of rotatable bonds is 16. The van der Waals surface area contributed by atoms with Crippen LogP contribution in [0.2, 0.25) is 0 Å². The predicted octanol–water partition coefficient (Wildman–Crippen LogP) is 12.6. The van der Waals surface area contributed by atoms with E-state index in [1.165, 1.54) is 83.3 Å². The summed E-state index contributed by atoms with van der Waals surface area (Å²) in [7, 11) is 0. The van der Waals surface area contributed by atoms with Gasteiger partial charge in [-0.3, -0.25) is 0 Å². The van der Waals surface area contributed by atoms with Crippen LogP contribution in [-0.2, 0) is 12.8 Å². The molecule has 0 atom stereocenters. The Morgan fingerprint density at radius 2 is 0.796 bits per heavy atom. The minimum Gasteiger partial charge on any atom is -0.507 e. The molecule has 0 aromatic heterocycles. The molecule has 0 aliphatic rings. The summed E-state index contributed by atoms with van der Waals surface area (Å²) in [4.78, 5) is 23.1. The topological polar surface area (TPSA) is 115 Å². The summed E-state index contributed by atoms with van der Waals surface area (Å²) in [6.07, 6.45) is 11.1. The molecular formula is C48H54O6. The molecular weight excluding hydrogens is 673 g/mol. The van der Waals surface area contributed by atoms with Gasteiger partial charge in [0.25, 0.3) is 0 Å². The van der Waals surface area contributed by atoms with E-state index in [-0.39, 0.29) is 22.6 Å². The number of hydrogen-bond acceptors (Lipinski definition) is 4. The van der Waals surface area contributed by atoms with Crippen LogP contribution < -0.4 is 0 Å². The lowest BCUT2D eigenvalue weighted by Gasteiger charge is -2.22. The third-order valence-electron chi connectivity index (χ3n) is 10.7. The molecule has 282 valence electrons. The van der Waals surface area contributed by atoms with Gasteiger partial charge in [-0.05, 0) is 156 Å². The van der Waals surface area contributed by atoms with Gasteiger partial charge in [0.15, 0.2) is 0 Å². The Bertz CT molecular complexity index is 2020. The number of carboxylic acids is 2. The highest BCUT2D eigenvalue weighted by Gasteiger charge is 2.20. The van der Waals surface area contributed by atoms with Crippen LogP contribution in [0.5, 0.6) is 11.5 Å². The Labute approximate surface area is 320 Å². The third-order valence-corrected chi connectivity index (χ3v) is 10.7. The number of carboxylic acid groups (broad SMARTS) is 2. The number of benzene rings is 5. The van der Waals surface area contributed by atoms with Crippen LogP contribution in [0.3, 0.4) is 0 Å². The molecule has 5 aromatic rings. The van der Waals surface area contributed by atoms with Crippen molar-refractivity contribution in [2.45, 2.75) is 106 Å². The van der Waals surface area contributed by atoms with E-state index in [4.69, 9.17) is 0 Å². The Hall–Kier alpha value is -5.36. The van der Waals surface area contributed by atoms with Gasteiger partial charge in [0.1, 0.15) is 22.6 Å². The molecule has 0 radical (unpaired) electrons. The number of aromatic hydroxyl groups is 2. The van der Waals surface area contributed by atoms with E-state index in [9.17, 15) is 30.0 Å². The number of hydrogen-bond donors (Lipinski definition) is 4. The Kier molecular flexibility index (Phi) is 13.0. The molecule has 0 amide bonds. The summed E-state index contributed by atoms with van der Waals surface area (Å²) in [5.41, 5.74) is 15.1. The van der Waals surface area contributed by atoms with Crippen LogP contribution >= 0.6 is 0 Å². The maximum absolute atomic E-state index is 11.5. The molecule has 0 aliphatic heterocycles. The zero-order chi connectivity index (χ0) is 39.1. The van der Waals surface area contributed by atoms with E-state index in [0.717, 1.165) is 83.0 Å². The molecule has 0 saturated heterocycles. The highest BCUT2D eigenvalue weighted by Crippen LogP contribution is 2.41. The van der Waals surface area contributed by atoms with Gasteiger partial charge < -0.3 is 20.4 Å². The zero-order valence-electron chi connectivity index (χ0n) is 32.6. The van der Waals surface area contributed by atoms with Crippen LogP contribution in [0.1, 0.15) is 119 Å². The molecule has 6 nitrogen and oxygen atoms in total. The smallest absolute Gasteiger partial charge is 0.339 e. The molecule has 0 fully saturated rings. The van der Waals surface area contributed by atoms with Gasteiger partial charge >= 0.3 is 11.9 Å². The van der Waals surface area contributed by atoms with Crippen molar-refractivity contribution in [2.75, 3.05) is 0 Å². The number of phenols is 2. The minimum atomic E-state index is -1.16. The highest BCUT2D eigenvalue weighted by atomic mass is 16.4. The average Bonchev–Trinajstić information content (AvgIpc) is 3.13. The van der Waals surface area contributed by atoms with E-state index < -0.39 is 11.9 Å². The van der Waals surface area contributed by atoms with E-state index in [1.807, 2.05) is 0 Å². The van der Waals surface area contributed by atoms with Crippen molar-refractivity contribution in [2.24, 2.45) is 0 Å². The molecule has 4 N–H and O–H groups in total. The quantitative estimate of drug-likeness (QED) is 0.0753. The monoisotopic (exact) mass is 726 g/mol. The van der Waals surface area contributed by atoms with Gasteiger partial charge in [0.2, 0.25) is 0 Å². The van der Waals surface area contributed by atoms with E-state index in [1.54, 1.807) is 12.1 Å². The first-order valence-electron chi connectivity index (χ1n) is 19.4. The van der Waals surface area contributed by atoms with Crippen LogP contribution in [0.25, 0.3) is 44.5 Å².